The summed E-state index contributed by atoms with van der Waals surface area (Å²) in [5.41, 5.74) is 2.66. The predicted molar refractivity (Wildman–Crippen MR) is 100 cm³/mol. The van der Waals surface area contributed by atoms with Crippen LogP contribution in [0.5, 0.6) is 5.75 Å². The van der Waals surface area contributed by atoms with Crippen LogP contribution in [0, 0.1) is 0 Å². The fourth-order valence-corrected chi connectivity index (χ4v) is 2.68. The molecule has 3 rings (SSSR count). The molecule has 0 aliphatic rings. The molecule has 0 saturated heterocycles. The van der Waals surface area contributed by atoms with Crippen LogP contribution in [0.25, 0.3) is 11.0 Å². The molecule has 1 aromatic heterocycles. The summed E-state index contributed by atoms with van der Waals surface area (Å²) in [6, 6.07) is 15.2. The molecule has 0 saturated carbocycles. The number of aliphatic hydroxyl groups excluding tert-OH is 1. The molecule has 2 aromatic carbocycles. The fraction of sp³-hybridized carbons (Fsp3) is 0.263. The van der Waals surface area contributed by atoms with Crippen molar-refractivity contribution in [2.45, 2.75) is 13.1 Å². The number of methoxy groups -OCH3 is 1. The minimum Gasteiger partial charge on any atom is -0.497 e. The van der Waals surface area contributed by atoms with Gasteiger partial charge in [0.2, 0.25) is 11.9 Å². The van der Waals surface area contributed by atoms with E-state index in [4.69, 9.17) is 9.84 Å². The molecule has 0 unspecified atom stereocenters. The van der Waals surface area contributed by atoms with Crippen LogP contribution in [0.1, 0.15) is 5.56 Å². The van der Waals surface area contributed by atoms with Gasteiger partial charge in [-0.1, -0.05) is 24.3 Å². The summed E-state index contributed by atoms with van der Waals surface area (Å²) in [6.45, 7) is 0.947. The van der Waals surface area contributed by atoms with Crippen molar-refractivity contribution < 1.29 is 14.6 Å². The Morgan fingerprint density at radius 3 is 2.69 bits per heavy atom. The van der Waals surface area contributed by atoms with E-state index in [1.807, 2.05) is 53.1 Å². The predicted octanol–water partition coefficient (Wildman–Crippen LogP) is 1.77. The van der Waals surface area contributed by atoms with E-state index in [9.17, 15) is 4.79 Å². The normalized spacial score (nSPS) is 10.7. The van der Waals surface area contributed by atoms with E-state index in [0.717, 1.165) is 22.3 Å². The minimum absolute atomic E-state index is 0.00707. The van der Waals surface area contributed by atoms with Crippen LogP contribution < -0.4 is 15.4 Å². The number of carbonyl (C=O) groups is 1. The molecule has 3 aromatic rings. The van der Waals surface area contributed by atoms with E-state index in [-0.39, 0.29) is 19.1 Å². The van der Waals surface area contributed by atoms with Gasteiger partial charge in [-0.05, 0) is 29.8 Å². The summed E-state index contributed by atoms with van der Waals surface area (Å²) in [6.07, 6.45) is 0. The van der Waals surface area contributed by atoms with Crippen LogP contribution in [-0.4, -0.2) is 40.8 Å². The third-order valence-electron chi connectivity index (χ3n) is 4.00. The zero-order valence-electron chi connectivity index (χ0n) is 14.6. The van der Waals surface area contributed by atoms with Crippen LogP contribution in [0.2, 0.25) is 0 Å². The Morgan fingerprint density at radius 1 is 1.19 bits per heavy atom. The van der Waals surface area contributed by atoms with Gasteiger partial charge in [0.1, 0.15) is 12.3 Å². The van der Waals surface area contributed by atoms with E-state index >= 15 is 0 Å². The van der Waals surface area contributed by atoms with Crippen LogP contribution in [0.15, 0.2) is 48.5 Å². The molecule has 0 bridgehead atoms. The minimum atomic E-state index is -0.115. The van der Waals surface area contributed by atoms with E-state index in [0.29, 0.717) is 19.0 Å². The molecule has 1 amide bonds. The highest BCUT2D eigenvalue weighted by Gasteiger charge is 2.13. The molecule has 7 nitrogen and oxygen atoms in total. The van der Waals surface area contributed by atoms with Gasteiger partial charge in [-0.2, -0.15) is 0 Å². The van der Waals surface area contributed by atoms with Gasteiger partial charge in [-0.3, -0.25) is 4.79 Å². The largest absolute Gasteiger partial charge is 0.497 e. The number of nitrogens with one attached hydrogen (secondary N) is 2. The van der Waals surface area contributed by atoms with E-state index in [2.05, 4.69) is 15.6 Å². The number of hydrogen-bond acceptors (Lipinski definition) is 5. The second-order valence-corrected chi connectivity index (χ2v) is 5.79. The monoisotopic (exact) mass is 354 g/mol. The maximum Gasteiger partial charge on any atom is 0.240 e. The topological polar surface area (TPSA) is 88.4 Å². The van der Waals surface area contributed by atoms with Crippen molar-refractivity contribution in [2.75, 3.05) is 25.6 Å². The van der Waals surface area contributed by atoms with E-state index in [1.54, 1.807) is 7.11 Å². The fourth-order valence-electron chi connectivity index (χ4n) is 2.68. The van der Waals surface area contributed by atoms with E-state index < -0.39 is 0 Å². The van der Waals surface area contributed by atoms with Crippen molar-refractivity contribution in [1.29, 1.82) is 0 Å². The van der Waals surface area contributed by atoms with Gasteiger partial charge < -0.3 is 25.0 Å². The molecule has 0 aliphatic heterocycles. The maximum absolute atomic E-state index is 12.4. The summed E-state index contributed by atoms with van der Waals surface area (Å²) in [5.74, 6) is 1.24. The Labute approximate surface area is 151 Å². The molecule has 26 heavy (non-hydrogen) atoms. The van der Waals surface area contributed by atoms with Gasteiger partial charge in [0, 0.05) is 13.1 Å². The number of aliphatic hydroxyl groups is 1. The van der Waals surface area contributed by atoms with Crippen molar-refractivity contribution in [3.05, 3.63) is 54.1 Å². The van der Waals surface area contributed by atoms with Gasteiger partial charge in [0.05, 0.1) is 24.8 Å². The molecule has 0 fully saturated rings. The Kier molecular flexibility index (Phi) is 5.70. The summed E-state index contributed by atoms with van der Waals surface area (Å²) in [4.78, 5) is 16.9. The zero-order chi connectivity index (χ0) is 18.4. The van der Waals surface area contributed by atoms with Crippen molar-refractivity contribution in [1.82, 2.24) is 14.9 Å². The first-order valence-corrected chi connectivity index (χ1v) is 8.41. The lowest BCUT2D eigenvalue weighted by Gasteiger charge is -2.11. The first-order valence-electron chi connectivity index (χ1n) is 8.41. The molecule has 136 valence electrons. The molecule has 7 heteroatoms. The highest BCUT2D eigenvalue weighted by atomic mass is 16.5. The standard InChI is InChI=1S/C19H22N4O3/c1-26-15-8-6-14(7-9-15)12-21-18(25)13-23-17-5-3-2-4-16(17)22-19(23)20-10-11-24/h2-9,24H,10-13H2,1H3,(H,20,22)(H,21,25). The zero-order valence-corrected chi connectivity index (χ0v) is 14.6. The molecule has 0 aliphatic carbocycles. The number of amides is 1. The smallest absolute Gasteiger partial charge is 0.240 e. The lowest BCUT2D eigenvalue weighted by atomic mass is 10.2. The van der Waals surface area contributed by atoms with Crippen molar-refractivity contribution in [3.8, 4) is 5.75 Å². The average Bonchev–Trinajstić information content (AvgIpc) is 3.02. The molecule has 1 heterocycles. The summed E-state index contributed by atoms with van der Waals surface area (Å²) >= 11 is 0. The molecular weight excluding hydrogens is 332 g/mol. The highest BCUT2D eigenvalue weighted by molar-refractivity contribution is 5.83. The number of nitrogens with zero attached hydrogens (tertiary/aromatic N) is 2. The van der Waals surface area contributed by atoms with Gasteiger partial charge in [-0.25, -0.2) is 4.98 Å². The average molecular weight is 354 g/mol. The van der Waals surface area contributed by atoms with Gasteiger partial charge >= 0.3 is 0 Å². The number of fused-ring (bicyclic) bond motifs is 1. The number of rotatable bonds is 8. The van der Waals surface area contributed by atoms with Crippen molar-refractivity contribution in [2.24, 2.45) is 0 Å². The van der Waals surface area contributed by atoms with Gasteiger partial charge in [0.25, 0.3) is 0 Å². The molecular formula is C19H22N4O3. The van der Waals surface area contributed by atoms with Crippen molar-refractivity contribution in [3.63, 3.8) is 0 Å². The quantitative estimate of drug-likeness (QED) is 0.574. The first kappa shape index (κ1) is 17.8. The summed E-state index contributed by atoms with van der Waals surface area (Å²) in [7, 11) is 1.62. The molecule has 0 spiro atoms. The third kappa shape index (κ3) is 4.12. The second-order valence-electron chi connectivity index (χ2n) is 5.79. The lowest BCUT2D eigenvalue weighted by Crippen LogP contribution is -2.27. The Morgan fingerprint density at radius 2 is 1.96 bits per heavy atom. The molecule has 0 radical (unpaired) electrons. The number of aromatic nitrogens is 2. The number of para-hydroxylation sites is 2. The Balaban J connectivity index is 1.69. The first-order chi connectivity index (χ1) is 12.7. The lowest BCUT2D eigenvalue weighted by molar-refractivity contribution is -0.121. The number of hydrogen-bond donors (Lipinski definition) is 3. The van der Waals surface area contributed by atoms with Crippen LogP contribution >= 0.6 is 0 Å². The molecule has 0 atom stereocenters. The van der Waals surface area contributed by atoms with Gasteiger partial charge in [0.15, 0.2) is 0 Å². The maximum atomic E-state index is 12.4. The van der Waals surface area contributed by atoms with E-state index in [1.165, 1.54) is 0 Å². The second kappa shape index (κ2) is 8.35. The van der Waals surface area contributed by atoms with Gasteiger partial charge in [-0.15, -0.1) is 0 Å². The highest BCUT2D eigenvalue weighted by Crippen LogP contribution is 2.19. The summed E-state index contributed by atoms with van der Waals surface area (Å²) < 4.78 is 6.94. The number of imidazole rings is 1. The van der Waals surface area contributed by atoms with Crippen LogP contribution in [-0.2, 0) is 17.9 Å². The third-order valence-corrected chi connectivity index (χ3v) is 4.00. The van der Waals surface area contributed by atoms with Crippen LogP contribution in [0.3, 0.4) is 0 Å². The number of carbonyl (C=O) groups excluding carboxylic acids is 1. The number of anilines is 1. The SMILES string of the molecule is COc1ccc(CNC(=O)Cn2c(NCCO)nc3ccccc32)cc1. The number of benzene rings is 2. The Bertz CT molecular complexity index is 874. The van der Waals surface area contributed by atoms with Crippen LogP contribution in [0.4, 0.5) is 5.95 Å². The van der Waals surface area contributed by atoms with Crippen molar-refractivity contribution >= 4 is 22.9 Å². The Hall–Kier alpha value is -3.06. The molecule has 3 N–H and O–H groups in total. The number of ether oxygens (including phenoxy) is 1. The summed E-state index contributed by atoms with van der Waals surface area (Å²) in [5, 5.41) is 15.0.